The Morgan fingerprint density at radius 3 is 1.51 bits per heavy atom. The van der Waals surface area contributed by atoms with E-state index >= 15 is 0 Å². The summed E-state index contributed by atoms with van der Waals surface area (Å²) in [5, 5.41) is 13.4. The lowest BCUT2D eigenvalue weighted by Crippen LogP contribution is -2.60. The summed E-state index contributed by atoms with van der Waals surface area (Å²) in [6, 6.07) is 3.51. The minimum absolute atomic E-state index is 0.0321. The summed E-state index contributed by atoms with van der Waals surface area (Å²) in [6.07, 6.45) is 2.19. The van der Waals surface area contributed by atoms with Gasteiger partial charge >= 0.3 is 0 Å². The van der Waals surface area contributed by atoms with Gasteiger partial charge in [0.1, 0.15) is 30.2 Å². The fraction of sp³-hybridized carbons (Fsp3) is 0.588. The summed E-state index contributed by atoms with van der Waals surface area (Å²) in [5.41, 5.74) is 23.3. The van der Waals surface area contributed by atoms with Crippen LogP contribution >= 0.6 is 0 Å². The van der Waals surface area contributed by atoms with Crippen LogP contribution in [0, 0.1) is 17.8 Å². The van der Waals surface area contributed by atoms with Gasteiger partial charge in [0.2, 0.25) is 35.4 Å². The van der Waals surface area contributed by atoms with E-state index in [0.29, 0.717) is 0 Å². The molecule has 1 rings (SSSR count). The van der Waals surface area contributed by atoms with Crippen molar-refractivity contribution in [2.45, 2.75) is 90.0 Å². The second-order valence-electron chi connectivity index (χ2n) is 12.6. The average molecular weight is 688 g/mol. The third-order valence-electron chi connectivity index (χ3n) is 8.12. The maximum Gasteiger partial charge on any atom is 0.243 e. The minimum atomic E-state index is -1.14. The van der Waals surface area contributed by atoms with Crippen LogP contribution in [0.15, 0.2) is 43.0 Å². The van der Waals surface area contributed by atoms with Gasteiger partial charge in [-0.25, -0.2) is 0 Å². The molecule has 0 heterocycles. The number of rotatable bonds is 23. The Hall–Kier alpha value is -4.34. The van der Waals surface area contributed by atoms with E-state index in [9.17, 15) is 28.8 Å². The molecule has 15 heteroatoms. The van der Waals surface area contributed by atoms with Crippen molar-refractivity contribution in [1.82, 2.24) is 26.6 Å². The smallest absolute Gasteiger partial charge is 0.243 e. The number of hydrogen-bond acceptors (Lipinski definition) is 9. The molecule has 0 aliphatic carbocycles. The van der Waals surface area contributed by atoms with Crippen LogP contribution in [0.1, 0.15) is 58.9 Å². The van der Waals surface area contributed by atoms with E-state index in [2.05, 4.69) is 33.2 Å². The van der Waals surface area contributed by atoms with E-state index in [0.717, 1.165) is 5.56 Å². The first-order chi connectivity index (χ1) is 23.2. The van der Waals surface area contributed by atoms with Crippen molar-refractivity contribution in [3.05, 3.63) is 48.6 Å². The van der Waals surface area contributed by atoms with Crippen molar-refractivity contribution in [2.75, 3.05) is 19.6 Å². The van der Waals surface area contributed by atoms with E-state index < -0.39 is 65.7 Å². The molecule has 0 aromatic heterocycles. The molecule has 15 nitrogen and oxygen atoms in total. The molecule has 0 saturated heterocycles. The van der Waals surface area contributed by atoms with Gasteiger partial charge < -0.3 is 49.5 Å². The predicted molar refractivity (Wildman–Crippen MR) is 188 cm³/mol. The summed E-state index contributed by atoms with van der Waals surface area (Å²) in [7, 11) is 0. The zero-order chi connectivity index (χ0) is 37.1. The first-order valence-corrected chi connectivity index (χ1v) is 16.8. The molecule has 0 aliphatic heterocycles. The molecule has 6 amide bonds. The van der Waals surface area contributed by atoms with Crippen molar-refractivity contribution >= 4 is 35.4 Å². The number of amides is 6. The highest BCUT2D eigenvalue weighted by atomic mass is 16.2. The highest BCUT2D eigenvalue weighted by Crippen LogP contribution is 2.13. The Balaban J connectivity index is 3.22. The topological polar surface area (TPSA) is 267 Å². The van der Waals surface area contributed by atoms with Crippen LogP contribution in [-0.4, -0.2) is 85.3 Å². The molecular formula is C34H57N9O6. The van der Waals surface area contributed by atoms with E-state index in [1.165, 1.54) is 0 Å². The minimum Gasteiger partial charge on any atom is -0.368 e. The van der Waals surface area contributed by atoms with E-state index in [-0.39, 0.29) is 69.5 Å². The van der Waals surface area contributed by atoms with Gasteiger partial charge in [-0.2, -0.15) is 0 Å². The van der Waals surface area contributed by atoms with Gasteiger partial charge in [0.25, 0.3) is 0 Å². The predicted octanol–water partition coefficient (Wildman–Crippen LogP) is -1.31. The van der Waals surface area contributed by atoms with Crippen LogP contribution in [0.5, 0.6) is 0 Å². The van der Waals surface area contributed by atoms with Gasteiger partial charge in [-0.05, 0) is 62.7 Å². The van der Waals surface area contributed by atoms with Crippen molar-refractivity contribution in [1.29, 1.82) is 0 Å². The summed E-state index contributed by atoms with van der Waals surface area (Å²) in [5.74, 6) is -4.40. The van der Waals surface area contributed by atoms with Crippen molar-refractivity contribution in [2.24, 2.45) is 40.7 Å². The third-order valence-corrected chi connectivity index (χ3v) is 8.12. The van der Waals surface area contributed by atoms with Gasteiger partial charge in [0, 0.05) is 12.3 Å². The molecule has 13 N–H and O–H groups in total. The first kappa shape index (κ1) is 42.7. The van der Waals surface area contributed by atoms with E-state index in [1.54, 1.807) is 37.3 Å². The van der Waals surface area contributed by atoms with Gasteiger partial charge in [-0.1, -0.05) is 64.1 Å². The number of hydrogen-bond donors (Lipinski definition) is 9. The van der Waals surface area contributed by atoms with Gasteiger partial charge in [-0.3, -0.25) is 28.8 Å². The summed E-state index contributed by atoms with van der Waals surface area (Å²) >= 11 is 0. The molecule has 0 bridgehead atoms. The molecular weight excluding hydrogens is 630 g/mol. The molecule has 1 aromatic carbocycles. The first-order valence-electron chi connectivity index (χ1n) is 16.8. The lowest BCUT2D eigenvalue weighted by Gasteiger charge is -2.28. The zero-order valence-corrected chi connectivity index (χ0v) is 29.2. The van der Waals surface area contributed by atoms with Crippen LogP contribution in [-0.2, 0) is 35.2 Å². The fourth-order valence-corrected chi connectivity index (χ4v) is 4.92. The maximum atomic E-state index is 13.7. The van der Waals surface area contributed by atoms with Crippen LogP contribution in [0.2, 0.25) is 0 Å². The van der Waals surface area contributed by atoms with Gasteiger partial charge in [0.05, 0.1) is 0 Å². The Morgan fingerprint density at radius 2 is 1.04 bits per heavy atom. The van der Waals surface area contributed by atoms with Crippen molar-refractivity contribution in [3.8, 4) is 0 Å². The number of allylic oxidation sites excluding steroid dienone is 1. The Kier molecular flexibility index (Phi) is 19.4. The highest BCUT2D eigenvalue weighted by Gasteiger charge is 2.33. The van der Waals surface area contributed by atoms with Crippen LogP contribution in [0.3, 0.4) is 0 Å². The molecule has 0 aliphatic rings. The molecule has 0 spiro atoms. The SMILES string of the molecule is C=CC(C)C(C)C(=O)N[C@H](CCN)C(=O)N[C@@H](CCN)C(=O)N[C@@H](CC(C)C)C(=O)N[C@H](Cc1ccccc1)C(=O)N[C@@H](CCN)C(N)=O. The van der Waals surface area contributed by atoms with E-state index in [1.807, 2.05) is 26.8 Å². The number of carbonyl (C=O) groups excluding carboxylic acids is 6. The Morgan fingerprint density at radius 1 is 0.633 bits per heavy atom. The van der Waals surface area contributed by atoms with Crippen LogP contribution in [0.4, 0.5) is 0 Å². The van der Waals surface area contributed by atoms with E-state index in [4.69, 9.17) is 22.9 Å². The number of carbonyl (C=O) groups is 6. The molecule has 49 heavy (non-hydrogen) atoms. The number of benzene rings is 1. The third kappa shape index (κ3) is 15.2. The Bertz CT molecular complexity index is 1250. The quantitative estimate of drug-likeness (QED) is 0.0617. The molecule has 0 saturated carbocycles. The van der Waals surface area contributed by atoms with Gasteiger partial charge in [0.15, 0.2) is 0 Å². The maximum absolute atomic E-state index is 13.7. The molecule has 7 atom stereocenters. The monoisotopic (exact) mass is 687 g/mol. The lowest BCUT2D eigenvalue weighted by atomic mass is 9.95. The number of primary amides is 1. The summed E-state index contributed by atoms with van der Waals surface area (Å²) < 4.78 is 0. The van der Waals surface area contributed by atoms with Crippen LogP contribution < -0.4 is 49.5 Å². The van der Waals surface area contributed by atoms with Crippen molar-refractivity contribution < 1.29 is 28.8 Å². The highest BCUT2D eigenvalue weighted by molar-refractivity contribution is 5.96. The molecule has 274 valence electrons. The average Bonchev–Trinajstić information content (AvgIpc) is 3.06. The summed E-state index contributed by atoms with van der Waals surface area (Å²) in [6.45, 7) is 11.2. The second kappa shape index (κ2) is 22.3. The second-order valence-corrected chi connectivity index (χ2v) is 12.6. The van der Waals surface area contributed by atoms with Gasteiger partial charge in [-0.15, -0.1) is 6.58 Å². The molecule has 2 unspecified atom stereocenters. The zero-order valence-electron chi connectivity index (χ0n) is 29.2. The number of nitrogens with two attached hydrogens (primary N) is 4. The molecule has 0 fully saturated rings. The summed E-state index contributed by atoms with van der Waals surface area (Å²) in [4.78, 5) is 78.7. The lowest BCUT2D eigenvalue weighted by molar-refractivity contribution is -0.135. The normalized spacial score (nSPS) is 15.3. The number of nitrogens with one attached hydrogen (secondary N) is 5. The Labute approximate surface area is 289 Å². The molecule has 1 aromatic rings. The van der Waals surface area contributed by atoms with Crippen LogP contribution in [0.25, 0.3) is 0 Å². The van der Waals surface area contributed by atoms with Crippen molar-refractivity contribution in [3.63, 3.8) is 0 Å². The molecule has 0 radical (unpaired) electrons. The largest absolute Gasteiger partial charge is 0.368 e. The fourth-order valence-electron chi connectivity index (χ4n) is 4.92. The standard InChI is InChI=1S/C34H57N9O6/c1-6-21(4)22(5)30(45)40-25(13-16-36)31(46)41-26(14-17-37)32(47)42-27(18-20(2)3)33(48)43-28(19-23-10-8-7-9-11-23)34(49)39-24(12-15-35)29(38)44/h6-11,20-22,24-28H,1,12-19,35-37H2,2-5H3,(H2,38,44)(H,39,49)(H,40,45)(H,41,46)(H,42,47)(H,43,48)/t21?,22?,24-,25+,26-,27-,28+/m0/s1.